The second kappa shape index (κ2) is 12.2. The Balaban J connectivity index is 0.0000102. The molecule has 0 spiro atoms. The number of aromatic nitrogens is 2. The first-order valence-corrected chi connectivity index (χ1v) is 12.7. The molecule has 4 atom stereocenters. The smallest absolute Gasteiger partial charge is 0.459 e. The number of phosphoric acid groups is 3. The summed E-state index contributed by atoms with van der Waals surface area (Å²) in [5, 5.41) is 9.71. The van der Waals surface area contributed by atoms with E-state index in [-0.39, 0.29) is 48.7 Å². The van der Waals surface area contributed by atoms with Gasteiger partial charge in [0, 0.05) is 0 Å². The van der Waals surface area contributed by atoms with E-state index >= 15 is 0 Å². The Kier molecular flexibility index (Phi) is 12.4. The van der Waals surface area contributed by atoms with Gasteiger partial charge < -0.3 is 38.8 Å². The molecular formula is C10H13F4N2O11P3S2U. The predicted octanol–water partition coefficient (Wildman–Crippen LogP) is 2.46. The van der Waals surface area contributed by atoms with Crippen molar-refractivity contribution in [3.63, 3.8) is 0 Å². The number of hydrogen-bond donors (Lipinski definition) is 6. The summed E-state index contributed by atoms with van der Waals surface area (Å²) in [5.41, 5.74) is -4.53. The molecule has 0 aliphatic rings. The maximum Gasteiger partial charge on any atom is 2.00 e. The summed E-state index contributed by atoms with van der Waals surface area (Å²) in [6, 6.07) is 1.06. The first kappa shape index (κ1) is 33.5. The topological polar surface area (TPSA) is 201 Å². The van der Waals surface area contributed by atoms with Crippen LogP contribution in [-0.4, -0.2) is 58.8 Å². The number of halogens is 4. The Labute approximate surface area is 215 Å². The molecule has 0 fully saturated rings. The van der Waals surface area contributed by atoms with Crippen LogP contribution < -0.4 is 0 Å². The van der Waals surface area contributed by atoms with E-state index < -0.39 is 52.8 Å². The molecule has 1 heterocycles. The molecule has 23 heteroatoms. The minimum absolute atomic E-state index is 0. The predicted molar refractivity (Wildman–Crippen MR) is 100 cm³/mol. The standard InChI is InChI=1S/C10H13F4N2O11P3S2.U/c11-9(10(12,13)14,5-16-3-1-7(31)15-8(16)32)6(17)2-4-25-29(21,22)27-30(23,24)26-28(18,19)20;/h1-3,5-6,17H,4H2,(H,21,22)(H,23,24)(H,15,31,32)(H2,18,19,20);/q-2;+2/t6-,9?;/m0./s1. The van der Waals surface area contributed by atoms with Crippen molar-refractivity contribution in [2.45, 2.75) is 17.9 Å². The largest absolute Gasteiger partial charge is 2.00 e. The molecule has 33 heavy (non-hydrogen) atoms. The number of hydrogen-bond acceptors (Lipinski definition) is 9. The monoisotopic (exact) mass is 808 g/mol. The van der Waals surface area contributed by atoms with Gasteiger partial charge >= 0.3 is 60.8 Å². The van der Waals surface area contributed by atoms with Crippen molar-refractivity contribution >= 4 is 47.9 Å². The van der Waals surface area contributed by atoms with Gasteiger partial charge in [0.05, 0.1) is 9.41 Å². The number of aliphatic hydroxyl groups is 1. The maximum absolute atomic E-state index is 14.8. The Bertz CT molecular complexity index is 1080. The van der Waals surface area contributed by atoms with Crippen LogP contribution in [0.5, 0.6) is 0 Å². The molecule has 188 valence electrons. The molecule has 13 nitrogen and oxygen atoms in total. The Hall–Kier alpha value is 0.532. The molecule has 6 N–H and O–H groups in total. The van der Waals surface area contributed by atoms with Crippen LogP contribution >= 0.6 is 47.9 Å². The molecule has 1 aromatic rings. The third-order valence-electron chi connectivity index (χ3n) is 3.02. The molecule has 3 unspecified atom stereocenters. The van der Waals surface area contributed by atoms with E-state index in [0.29, 0.717) is 4.57 Å². The van der Waals surface area contributed by atoms with Gasteiger partial charge in [0.1, 0.15) is 0 Å². The average Bonchev–Trinajstić information content (AvgIpc) is 2.52. The van der Waals surface area contributed by atoms with E-state index in [9.17, 15) is 41.3 Å². The number of alkyl halides is 4. The molecule has 1 aromatic heterocycles. The van der Waals surface area contributed by atoms with E-state index in [4.69, 9.17) is 39.1 Å². The van der Waals surface area contributed by atoms with Crippen molar-refractivity contribution in [1.82, 2.24) is 9.55 Å². The van der Waals surface area contributed by atoms with Crippen molar-refractivity contribution < 1.29 is 100 Å². The van der Waals surface area contributed by atoms with Crippen LogP contribution in [-0.2, 0) is 26.8 Å². The van der Waals surface area contributed by atoms with E-state index in [1.807, 2.05) is 0 Å². The van der Waals surface area contributed by atoms with Crippen molar-refractivity contribution in [3.05, 3.63) is 34.6 Å². The van der Waals surface area contributed by atoms with Gasteiger partial charge in [-0.1, -0.05) is 37.6 Å². The van der Waals surface area contributed by atoms with Crippen LogP contribution in [0, 0.1) is 53.5 Å². The number of H-pyrrole nitrogens is 1. The quantitative estimate of drug-likeness (QED) is 0.0826. The first-order chi connectivity index (χ1) is 14.2. The molecule has 1 rings (SSSR count). The second-order valence-electron chi connectivity index (χ2n) is 5.48. The van der Waals surface area contributed by atoms with Crippen molar-refractivity contribution in [1.29, 1.82) is 0 Å². The molecule has 0 aliphatic heterocycles. The van der Waals surface area contributed by atoms with Gasteiger partial charge in [-0.3, -0.25) is 6.42 Å². The number of aliphatic hydroxyl groups excluding tert-OH is 1. The summed E-state index contributed by atoms with van der Waals surface area (Å²) in [6.45, 7) is -1.64. The van der Waals surface area contributed by atoms with E-state index in [0.717, 1.165) is 12.3 Å². The number of rotatable bonds is 11. The van der Waals surface area contributed by atoms with Crippen LogP contribution in [0.15, 0.2) is 12.3 Å². The fraction of sp³-hybridized carbons (Fsp3) is 0.400. The van der Waals surface area contributed by atoms with Crippen LogP contribution in [0.25, 0.3) is 0 Å². The van der Waals surface area contributed by atoms with Gasteiger partial charge in [-0.25, -0.2) is 18.1 Å². The summed E-state index contributed by atoms with van der Waals surface area (Å²) in [6.07, 6.45) is -7.97. The van der Waals surface area contributed by atoms with E-state index in [1.165, 1.54) is 0 Å². The number of phosphoric ester groups is 1. The van der Waals surface area contributed by atoms with E-state index in [1.54, 1.807) is 0 Å². The van der Waals surface area contributed by atoms with Gasteiger partial charge in [-0.05, 0) is 6.10 Å². The number of nitrogens with zero attached hydrogens (tertiary/aromatic N) is 1. The minimum atomic E-state index is -5.88. The fourth-order valence-corrected chi connectivity index (χ4v) is 5.17. The maximum atomic E-state index is 14.8. The van der Waals surface area contributed by atoms with Gasteiger partial charge in [-0.2, -0.15) is 21.8 Å². The summed E-state index contributed by atoms with van der Waals surface area (Å²) >= 11 is 9.39. The summed E-state index contributed by atoms with van der Waals surface area (Å²) < 4.78 is 98.5. The first-order valence-electron chi connectivity index (χ1n) is 7.40. The minimum Gasteiger partial charge on any atom is -0.459 e. The summed E-state index contributed by atoms with van der Waals surface area (Å²) in [4.78, 5) is 37.2. The van der Waals surface area contributed by atoms with Gasteiger partial charge in [-0.15, -0.1) is 12.2 Å². The van der Waals surface area contributed by atoms with Gasteiger partial charge in [0.2, 0.25) is 0 Å². The normalized spacial score (nSPS) is 18.8. The molecule has 0 radical (unpaired) electrons. The Morgan fingerprint density at radius 3 is 2.09 bits per heavy atom. The SMILES string of the molecule is O=P(O)(O)OP(=O)(O)OP(=O)(O)OC[CH-][C@H](O)C(F)([CH-]n1ccc(=S)[nH]c1=S)C(F)(F)F.[U+2]. The van der Waals surface area contributed by atoms with Crippen molar-refractivity contribution in [2.75, 3.05) is 6.61 Å². The number of nitrogens with one attached hydrogen (secondary N) is 1. The molecule has 0 saturated heterocycles. The third kappa shape index (κ3) is 11.0. The molecule has 0 aromatic carbocycles. The van der Waals surface area contributed by atoms with E-state index in [2.05, 4.69) is 18.1 Å². The van der Waals surface area contributed by atoms with Crippen LogP contribution in [0.2, 0.25) is 0 Å². The Morgan fingerprint density at radius 1 is 1.09 bits per heavy atom. The molecular weight excluding hydrogens is 795 g/mol. The zero-order valence-corrected chi connectivity index (χ0v) is 23.9. The zero-order chi connectivity index (χ0) is 25.2. The van der Waals surface area contributed by atoms with Crippen molar-refractivity contribution in [2.24, 2.45) is 0 Å². The molecule has 0 aliphatic carbocycles. The van der Waals surface area contributed by atoms with Gasteiger partial charge in [0.15, 0.2) is 5.67 Å². The van der Waals surface area contributed by atoms with Crippen LogP contribution in [0.3, 0.4) is 0 Å². The summed E-state index contributed by atoms with van der Waals surface area (Å²) in [7, 11) is -17.3. The van der Waals surface area contributed by atoms with Gasteiger partial charge in [0.25, 0.3) is 0 Å². The molecule has 0 saturated carbocycles. The molecule has 0 amide bonds. The van der Waals surface area contributed by atoms with Crippen molar-refractivity contribution in [3.8, 4) is 0 Å². The second-order valence-corrected chi connectivity index (χ2v) is 10.7. The van der Waals surface area contributed by atoms with Crippen LogP contribution in [0.1, 0.15) is 0 Å². The van der Waals surface area contributed by atoms with Crippen LogP contribution in [0.4, 0.5) is 17.6 Å². The zero-order valence-electron chi connectivity index (χ0n) is 15.4. The fourth-order valence-electron chi connectivity index (χ4n) is 1.75. The summed E-state index contributed by atoms with van der Waals surface area (Å²) in [5.74, 6) is 0. The Morgan fingerprint density at radius 2 is 1.64 bits per heavy atom. The third-order valence-corrected chi connectivity index (χ3v) is 7.37. The average molecular weight is 808 g/mol. The molecule has 0 bridgehead atoms. The number of aromatic amines is 1.